The average Bonchev–Trinajstić information content (AvgIpc) is 3.08. The molecule has 1 aliphatic heterocycles. The van der Waals surface area contributed by atoms with Gasteiger partial charge in [0.05, 0.1) is 23.1 Å². The quantitative estimate of drug-likeness (QED) is 0.252. The molecule has 1 fully saturated rings. The monoisotopic (exact) mass is 612 g/mol. The molecule has 1 saturated heterocycles. The molecule has 196 valence electrons. The molecule has 0 unspecified atom stereocenters. The molecule has 3 rings (SSSR count). The van der Waals surface area contributed by atoms with E-state index in [0.717, 1.165) is 12.0 Å². The first-order chi connectivity index (χ1) is 17.4. The highest BCUT2D eigenvalue weighted by Gasteiger charge is 2.36. The molecule has 0 atom stereocenters. The van der Waals surface area contributed by atoms with E-state index in [0.29, 0.717) is 23.0 Å². The van der Waals surface area contributed by atoms with Crippen LogP contribution in [-0.2, 0) is 29.2 Å². The van der Waals surface area contributed by atoms with Crippen molar-refractivity contribution < 1.29 is 41.3 Å². The van der Waals surface area contributed by atoms with Crippen molar-refractivity contribution >= 4 is 72.6 Å². The Labute approximate surface area is 225 Å². The Morgan fingerprint density at radius 2 is 1.84 bits per heavy atom. The number of imide groups is 1. The van der Waals surface area contributed by atoms with Gasteiger partial charge in [-0.05, 0) is 82.7 Å². The van der Waals surface area contributed by atoms with Crippen molar-refractivity contribution in [3.8, 4) is 11.5 Å². The molecule has 0 aliphatic carbocycles. The largest absolute Gasteiger partial charge is 0.490 e. The molecule has 2 aromatic carbocycles. The fraction of sp³-hybridized carbons (Fsp3) is 0.217. The maximum absolute atomic E-state index is 12.9. The number of hydrogen-bond acceptors (Lipinski definition) is 10. The zero-order valence-electron chi connectivity index (χ0n) is 19.8. The van der Waals surface area contributed by atoms with Gasteiger partial charge in [-0.3, -0.25) is 24.1 Å². The van der Waals surface area contributed by atoms with Crippen LogP contribution >= 0.6 is 27.7 Å². The number of thioether (sulfide) groups is 1. The van der Waals surface area contributed by atoms with Gasteiger partial charge in [0.25, 0.3) is 11.1 Å². The van der Waals surface area contributed by atoms with Crippen molar-refractivity contribution in [1.29, 1.82) is 0 Å². The lowest BCUT2D eigenvalue weighted by Crippen LogP contribution is -2.34. The van der Waals surface area contributed by atoms with Crippen molar-refractivity contribution in [2.24, 2.45) is 0 Å². The van der Waals surface area contributed by atoms with Crippen LogP contribution in [0.15, 0.2) is 50.7 Å². The van der Waals surface area contributed by atoms with Gasteiger partial charge in [-0.15, -0.1) is 0 Å². The SMILES string of the molecule is CCOc1cc(/C=C2\SC(=O)N(CC(=O)OC)C2=O)cc(Br)c1OS(=O)(=O)c1ccc(NC(C)=O)cc1. The van der Waals surface area contributed by atoms with Crippen LogP contribution in [0.25, 0.3) is 6.08 Å². The molecule has 0 bridgehead atoms. The lowest BCUT2D eigenvalue weighted by molar-refractivity contribution is -0.143. The number of methoxy groups -OCH3 is 1. The number of nitrogens with zero attached hydrogens (tertiary/aromatic N) is 1. The number of carbonyl (C=O) groups excluding carboxylic acids is 4. The molecule has 1 aliphatic rings. The minimum Gasteiger partial charge on any atom is -0.490 e. The van der Waals surface area contributed by atoms with Crippen LogP contribution in [-0.4, -0.2) is 56.6 Å². The number of benzene rings is 2. The molecule has 3 amide bonds. The predicted molar refractivity (Wildman–Crippen MR) is 139 cm³/mol. The number of anilines is 1. The van der Waals surface area contributed by atoms with Crippen molar-refractivity contribution in [2.75, 3.05) is 25.6 Å². The standard InChI is InChI=1S/C23H21BrN2O9S2/c1-4-34-18-10-14(11-19-22(29)26(23(30)36-19)12-20(28)33-3)9-17(24)21(18)35-37(31,32)16-7-5-15(6-8-16)25-13(2)27/h5-11H,4,12H2,1-3H3,(H,25,27)/b19-11-. The molecule has 0 spiro atoms. The maximum Gasteiger partial charge on any atom is 0.339 e. The predicted octanol–water partition coefficient (Wildman–Crippen LogP) is 3.78. The van der Waals surface area contributed by atoms with Crippen LogP contribution in [0.3, 0.4) is 0 Å². The molecule has 0 saturated carbocycles. The van der Waals surface area contributed by atoms with Crippen LogP contribution in [0.4, 0.5) is 10.5 Å². The zero-order valence-corrected chi connectivity index (χ0v) is 23.0. The fourth-order valence-electron chi connectivity index (χ4n) is 3.06. The molecule has 14 heteroatoms. The fourth-order valence-corrected chi connectivity index (χ4v) is 5.51. The third-order valence-electron chi connectivity index (χ3n) is 4.67. The molecule has 1 N–H and O–H groups in total. The first kappa shape index (κ1) is 28.2. The van der Waals surface area contributed by atoms with E-state index in [1.807, 2.05) is 0 Å². The maximum atomic E-state index is 12.9. The van der Waals surface area contributed by atoms with Crippen LogP contribution in [0.1, 0.15) is 19.4 Å². The van der Waals surface area contributed by atoms with Gasteiger partial charge < -0.3 is 19.0 Å². The second-order valence-electron chi connectivity index (χ2n) is 7.35. The number of esters is 1. The van der Waals surface area contributed by atoms with Gasteiger partial charge in [-0.2, -0.15) is 8.42 Å². The van der Waals surface area contributed by atoms with E-state index in [9.17, 15) is 27.6 Å². The molecule has 11 nitrogen and oxygen atoms in total. The summed E-state index contributed by atoms with van der Waals surface area (Å²) in [6.07, 6.45) is 1.41. The number of halogens is 1. The Morgan fingerprint density at radius 3 is 2.43 bits per heavy atom. The number of nitrogens with one attached hydrogen (secondary N) is 1. The molecule has 1 heterocycles. The number of amides is 3. The summed E-state index contributed by atoms with van der Waals surface area (Å²) in [6.45, 7) is 2.69. The summed E-state index contributed by atoms with van der Waals surface area (Å²) in [5.74, 6) is -1.76. The van der Waals surface area contributed by atoms with Gasteiger partial charge in [0.15, 0.2) is 11.5 Å². The van der Waals surface area contributed by atoms with Crippen molar-refractivity contribution in [3.63, 3.8) is 0 Å². The second-order valence-corrected chi connectivity index (χ2v) is 10.7. The summed E-state index contributed by atoms with van der Waals surface area (Å²) < 4.78 is 41.5. The minimum absolute atomic E-state index is 0.0591. The molecule has 0 radical (unpaired) electrons. The van der Waals surface area contributed by atoms with Gasteiger partial charge in [-0.25, -0.2) is 0 Å². The van der Waals surface area contributed by atoms with E-state index in [1.165, 1.54) is 49.4 Å². The van der Waals surface area contributed by atoms with Crippen LogP contribution in [0, 0.1) is 0 Å². The van der Waals surface area contributed by atoms with E-state index in [2.05, 4.69) is 26.0 Å². The van der Waals surface area contributed by atoms with Gasteiger partial charge in [0, 0.05) is 12.6 Å². The highest BCUT2D eigenvalue weighted by atomic mass is 79.9. The average molecular weight is 613 g/mol. The van der Waals surface area contributed by atoms with Gasteiger partial charge in [0.1, 0.15) is 11.4 Å². The van der Waals surface area contributed by atoms with E-state index in [4.69, 9.17) is 8.92 Å². The second kappa shape index (κ2) is 11.8. The number of ether oxygens (including phenoxy) is 2. The van der Waals surface area contributed by atoms with Crippen molar-refractivity contribution in [2.45, 2.75) is 18.7 Å². The summed E-state index contributed by atoms with van der Waals surface area (Å²) in [4.78, 5) is 48.1. The molecular formula is C23H21BrN2O9S2. The molecule has 37 heavy (non-hydrogen) atoms. The number of carbonyl (C=O) groups is 4. The smallest absolute Gasteiger partial charge is 0.339 e. The van der Waals surface area contributed by atoms with Crippen LogP contribution < -0.4 is 14.2 Å². The van der Waals surface area contributed by atoms with E-state index in [-0.39, 0.29) is 38.3 Å². The summed E-state index contributed by atoms with van der Waals surface area (Å²) in [7, 11) is -3.14. The Balaban J connectivity index is 1.90. The molecular weight excluding hydrogens is 592 g/mol. The van der Waals surface area contributed by atoms with Crippen molar-refractivity contribution in [3.05, 3.63) is 51.3 Å². The van der Waals surface area contributed by atoms with E-state index < -0.39 is 33.8 Å². The lowest BCUT2D eigenvalue weighted by atomic mass is 10.2. The summed E-state index contributed by atoms with van der Waals surface area (Å²) in [6, 6.07) is 8.36. The summed E-state index contributed by atoms with van der Waals surface area (Å²) >= 11 is 3.94. The summed E-state index contributed by atoms with van der Waals surface area (Å²) in [5, 5.41) is 1.92. The van der Waals surface area contributed by atoms with Crippen molar-refractivity contribution in [1.82, 2.24) is 4.90 Å². The zero-order chi connectivity index (χ0) is 27.3. The first-order valence-corrected chi connectivity index (χ1v) is 13.6. The third-order valence-corrected chi connectivity index (χ3v) is 7.41. The van der Waals surface area contributed by atoms with Gasteiger partial charge in [0.2, 0.25) is 5.91 Å². The summed E-state index contributed by atoms with van der Waals surface area (Å²) in [5.41, 5.74) is 0.825. The number of hydrogen-bond donors (Lipinski definition) is 1. The first-order valence-electron chi connectivity index (χ1n) is 10.6. The topological polar surface area (TPSA) is 145 Å². The Bertz CT molecular complexity index is 1390. The van der Waals surface area contributed by atoms with E-state index in [1.54, 1.807) is 6.92 Å². The van der Waals surface area contributed by atoms with Gasteiger partial charge >= 0.3 is 16.1 Å². The van der Waals surface area contributed by atoms with Crippen LogP contribution in [0.2, 0.25) is 0 Å². The minimum atomic E-state index is -4.29. The highest BCUT2D eigenvalue weighted by Crippen LogP contribution is 2.40. The Hall–Kier alpha value is -3.36. The highest BCUT2D eigenvalue weighted by molar-refractivity contribution is 9.10. The Morgan fingerprint density at radius 1 is 1.16 bits per heavy atom. The van der Waals surface area contributed by atoms with E-state index >= 15 is 0 Å². The molecule has 2 aromatic rings. The molecule has 0 aromatic heterocycles. The lowest BCUT2D eigenvalue weighted by Gasteiger charge is -2.15. The van der Waals surface area contributed by atoms with Crippen LogP contribution in [0.5, 0.6) is 11.5 Å². The Kier molecular flexibility index (Phi) is 8.99. The normalized spacial score (nSPS) is 14.6. The van der Waals surface area contributed by atoms with Gasteiger partial charge in [-0.1, -0.05) is 0 Å². The number of rotatable bonds is 9. The third kappa shape index (κ3) is 6.90.